The van der Waals surface area contributed by atoms with Crippen molar-refractivity contribution in [3.8, 4) is 11.1 Å². The van der Waals surface area contributed by atoms with Crippen LogP contribution >= 0.6 is 0 Å². The maximum Gasteiger partial charge on any atom is 0.601 e. The van der Waals surface area contributed by atoms with Crippen molar-refractivity contribution in [2.75, 3.05) is 6.58 Å². The van der Waals surface area contributed by atoms with Gasteiger partial charge in [0.25, 0.3) is 0 Å². The molecule has 0 N–H and O–H groups in total. The molecule has 0 spiro atoms. The van der Waals surface area contributed by atoms with E-state index < -0.39 is 57.0 Å². The zero-order valence-corrected chi connectivity index (χ0v) is 21.9. The fourth-order valence-electron chi connectivity index (χ4n) is 4.79. The molecular weight excluding hydrogens is 573 g/mol. The minimum atomic E-state index is -6.34. The maximum atomic E-state index is 14.0. The van der Waals surface area contributed by atoms with Crippen LogP contribution in [0.5, 0.6) is 0 Å². The van der Waals surface area contributed by atoms with E-state index in [0.717, 1.165) is 17.9 Å². The van der Waals surface area contributed by atoms with Gasteiger partial charge < -0.3 is 6.58 Å². The van der Waals surface area contributed by atoms with E-state index in [0.29, 0.717) is 10.8 Å². The van der Waals surface area contributed by atoms with Crippen LogP contribution in [0.25, 0.3) is 32.7 Å². The largest absolute Gasteiger partial charge is 0.601 e. The predicted octanol–water partition coefficient (Wildman–Crippen LogP) is 6.10. The van der Waals surface area contributed by atoms with Crippen molar-refractivity contribution < 1.29 is 43.2 Å². The predicted molar refractivity (Wildman–Crippen MR) is 133 cm³/mol. The lowest BCUT2D eigenvalue weighted by atomic mass is 9.91. The summed E-state index contributed by atoms with van der Waals surface area (Å²) < 4.78 is 135. The van der Waals surface area contributed by atoms with Crippen molar-refractivity contribution in [1.82, 2.24) is 0 Å². The summed E-state index contributed by atoms with van der Waals surface area (Å²) in [4.78, 5) is 0. The van der Waals surface area contributed by atoms with Crippen LogP contribution in [0.2, 0.25) is 5.79 Å². The van der Waals surface area contributed by atoms with Gasteiger partial charge in [-0.25, -0.2) is 0 Å². The number of hydrogen-bond acceptors (Lipinski definition) is 4. The Labute approximate surface area is 217 Å². The summed E-state index contributed by atoms with van der Waals surface area (Å²) in [6.45, 7) is 0. The van der Waals surface area contributed by atoms with Crippen molar-refractivity contribution in [3.05, 3.63) is 72.8 Å². The van der Waals surface area contributed by atoms with Gasteiger partial charge in [0, 0.05) is 22.5 Å². The standard InChI is InChI=1S/C22H12F6N2O4S2.CH3.Al/c23-21(24,25)35(31,32)29-17-11-9-13-5-1-3-7-15(13)19(17)20-16-8-4-2-6-14(16)10-12-18(20)30-36(33,34)22(26,27)28;;/h1-12H;1H3;/q-2;;+2. The Morgan fingerprint density at radius 1 is 0.579 bits per heavy atom. The molecule has 0 bridgehead atoms. The van der Waals surface area contributed by atoms with E-state index in [-0.39, 0.29) is 28.5 Å². The van der Waals surface area contributed by atoms with E-state index in [2.05, 4.69) is 0 Å². The summed E-state index contributed by atoms with van der Waals surface area (Å²) >= 11 is -4.40. The highest BCUT2D eigenvalue weighted by atomic mass is 32.2. The van der Waals surface area contributed by atoms with E-state index in [4.69, 9.17) is 0 Å². The van der Waals surface area contributed by atoms with Gasteiger partial charge in [-0.1, -0.05) is 66.4 Å². The van der Waals surface area contributed by atoms with Crippen LogP contribution in [-0.4, -0.2) is 42.4 Å². The highest BCUT2D eigenvalue weighted by Gasteiger charge is 2.61. The number of benzene rings is 4. The summed E-state index contributed by atoms with van der Waals surface area (Å²) in [6.07, 6.45) is 0. The smallest absolute Gasteiger partial charge is 0.332 e. The Morgan fingerprint density at radius 2 is 0.921 bits per heavy atom. The van der Waals surface area contributed by atoms with Gasteiger partial charge in [-0.3, -0.25) is 0 Å². The second kappa shape index (κ2) is 8.51. The average molecular weight is 588 g/mol. The Morgan fingerprint density at radius 3 is 1.26 bits per heavy atom. The summed E-state index contributed by atoms with van der Waals surface area (Å²) in [7, 11) is -12.7. The van der Waals surface area contributed by atoms with Gasteiger partial charge in [-0.2, -0.15) is 43.2 Å². The molecule has 1 aliphatic rings. The van der Waals surface area contributed by atoms with E-state index in [1.807, 2.05) is 0 Å². The SMILES string of the molecule is [CH3][Al]1[N](S(=O)(=O)C(F)(F)F)c2ccc3ccccc3c2-c2c(ccc3ccccc23)[N]1S(=O)(=O)C(F)(F)F. The lowest BCUT2D eigenvalue weighted by Crippen LogP contribution is -2.60. The maximum absolute atomic E-state index is 14.0. The first-order valence-corrected chi connectivity index (χ1v) is 15.9. The first-order chi connectivity index (χ1) is 17.6. The highest BCUT2D eigenvalue weighted by Crippen LogP contribution is 2.52. The number of hydrogen-bond donors (Lipinski definition) is 0. The summed E-state index contributed by atoms with van der Waals surface area (Å²) in [6, 6.07) is 17.3. The minimum absolute atomic E-state index is 0.123. The summed E-state index contributed by atoms with van der Waals surface area (Å²) in [5.41, 5.74) is -13.2. The Hall–Kier alpha value is -2.99. The third-order valence-corrected chi connectivity index (χ3v) is 14.3. The molecule has 0 unspecified atom stereocenters. The molecule has 0 aromatic heterocycles. The van der Waals surface area contributed by atoms with E-state index in [1.165, 1.54) is 36.4 Å². The van der Waals surface area contributed by atoms with Gasteiger partial charge in [0.1, 0.15) is 0 Å². The number of halogens is 6. The first-order valence-electron chi connectivity index (χ1n) is 10.8. The molecule has 198 valence electrons. The van der Waals surface area contributed by atoms with Crippen molar-refractivity contribution in [3.63, 3.8) is 0 Å². The number of sulfonamides is 2. The second-order valence-electron chi connectivity index (χ2n) is 8.49. The fraction of sp³-hybridized carbons (Fsp3) is 0.130. The Kier molecular flexibility index (Phi) is 5.96. The molecule has 0 amide bonds. The number of fused-ring (bicyclic) bond motifs is 7. The molecule has 4 aromatic rings. The molecule has 0 aliphatic carbocycles. The van der Waals surface area contributed by atoms with Crippen LogP contribution in [-0.2, 0) is 20.0 Å². The summed E-state index contributed by atoms with van der Waals surface area (Å²) in [5.74, 6) is 0.801. The average Bonchev–Trinajstić information content (AvgIpc) is 2.94. The number of alkyl halides is 6. The first kappa shape index (κ1) is 26.6. The number of nitrogens with zero attached hydrogens (tertiary/aromatic N) is 2. The molecule has 0 saturated carbocycles. The van der Waals surface area contributed by atoms with Crippen LogP contribution in [0.3, 0.4) is 0 Å². The molecule has 0 saturated heterocycles. The lowest BCUT2D eigenvalue weighted by Gasteiger charge is -2.34. The lowest BCUT2D eigenvalue weighted by molar-refractivity contribution is -0.0437. The topological polar surface area (TPSA) is 74.8 Å². The van der Waals surface area contributed by atoms with Crippen molar-refractivity contribution in [1.29, 1.82) is 0 Å². The second-order valence-corrected chi connectivity index (χ2v) is 15.1. The van der Waals surface area contributed by atoms with Gasteiger partial charge in [-0.05, 0) is 33.7 Å². The van der Waals surface area contributed by atoms with Gasteiger partial charge in [0.05, 0.1) is 0 Å². The highest BCUT2D eigenvalue weighted by molar-refractivity contribution is 7.97. The van der Waals surface area contributed by atoms with Gasteiger partial charge in [0.15, 0.2) is 0 Å². The fourth-order valence-corrected chi connectivity index (χ4v) is 12.2. The van der Waals surface area contributed by atoms with E-state index in [1.54, 1.807) is 24.3 Å². The quantitative estimate of drug-likeness (QED) is 0.210. The van der Waals surface area contributed by atoms with Crippen molar-refractivity contribution >= 4 is 67.6 Å². The van der Waals surface area contributed by atoms with Crippen LogP contribution in [0.4, 0.5) is 37.7 Å². The molecule has 15 heteroatoms. The zero-order valence-electron chi connectivity index (χ0n) is 19.1. The molecule has 1 aliphatic heterocycles. The van der Waals surface area contributed by atoms with Crippen molar-refractivity contribution in [2.45, 2.75) is 16.8 Å². The molecule has 38 heavy (non-hydrogen) atoms. The number of rotatable bonds is 2. The molecule has 6 nitrogen and oxygen atoms in total. The monoisotopic (exact) mass is 588 g/mol. The molecule has 4 aromatic carbocycles. The van der Waals surface area contributed by atoms with Crippen LogP contribution in [0.15, 0.2) is 72.8 Å². The van der Waals surface area contributed by atoms with Gasteiger partial charge in [-0.15, -0.1) is 0 Å². The Balaban J connectivity index is 2.07. The van der Waals surface area contributed by atoms with E-state index in [9.17, 15) is 43.2 Å². The summed E-state index contributed by atoms with van der Waals surface area (Å²) in [5, 5.41) is 1.38. The third kappa shape index (κ3) is 3.75. The Bertz CT molecular complexity index is 1690. The van der Waals surface area contributed by atoms with Crippen molar-refractivity contribution in [2.24, 2.45) is 0 Å². The minimum Gasteiger partial charge on any atom is -0.332 e. The van der Waals surface area contributed by atoms with Gasteiger partial charge in [0.2, 0.25) is 0 Å². The van der Waals surface area contributed by atoms with Gasteiger partial charge >= 0.3 is 45.7 Å². The number of anilines is 2. The van der Waals surface area contributed by atoms with E-state index >= 15 is 0 Å². The van der Waals surface area contributed by atoms with Crippen LogP contribution < -0.4 is 6.58 Å². The van der Waals surface area contributed by atoms with Crippen LogP contribution in [0.1, 0.15) is 0 Å². The molecule has 5 rings (SSSR count). The normalized spacial score (nSPS) is 15.0. The molecule has 0 atom stereocenters. The third-order valence-electron chi connectivity index (χ3n) is 6.32. The molecular formula is C23H15AlF6N2O4S2. The van der Waals surface area contributed by atoms with Crippen LogP contribution in [0, 0.1) is 0 Å². The zero-order chi connectivity index (χ0) is 27.8. The molecule has 0 radical (unpaired) electrons. The molecule has 0 fully saturated rings. The molecule has 1 heterocycles.